The Balaban J connectivity index is 1.90. The SMILES string of the molecule is CC(=O)O[C@H]1CCC[C@]2(C)[C@@H]([C@@H](C)OCCCS(=O)(=O)C(C)(C)C)CC[C@@H]12. The molecule has 0 amide bonds. The number of ether oxygens (including phenoxy) is 2. The average Bonchev–Trinajstić information content (AvgIpc) is 2.88. The summed E-state index contributed by atoms with van der Waals surface area (Å²) in [5, 5.41) is 0. The Morgan fingerprint density at radius 2 is 1.89 bits per heavy atom. The summed E-state index contributed by atoms with van der Waals surface area (Å²) in [5.41, 5.74) is 0.134. The van der Waals surface area contributed by atoms with E-state index in [9.17, 15) is 13.2 Å². The monoisotopic (exact) mass is 402 g/mol. The second kappa shape index (κ2) is 8.40. The molecule has 0 spiro atoms. The van der Waals surface area contributed by atoms with Crippen molar-refractivity contribution in [1.82, 2.24) is 0 Å². The third-order valence-electron chi connectivity index (χ3n) is 6.89. The Morgan fingerprint density at radius 3 is 2.48 bits per heavy atom. The lowest BCUT2D eigenvalue weighted by Crippen LogP contribution is -2.44. The van der Waals surface area contributed by atoms with Crippen molar-refractivity contribution in [2.24, 2.45) is 17.3 Å². The molecule has 6 heteroatoms. The van der Waals surface area contributed by atoms with Gasteiger partial charge in [-0.2, -0.15) is 0 Å². The van der Waals surface area contributed by atoms with Gasteiger partial charge in [-0.15, -0.1) is 0 Å². The van der Waals surface area contributed by atoms with E-state index in [1.54, 1.807) is 20.8 Å². The highest BCUT2D eigenvalue weighted by molar-refractivity contribution is 7.92. The number of sulfone groups is 1. The van der Waals surface area contributed by atoms with Crippen LogP contribution in [0, 0.1) is 17.3 Å². The summed E-state index contributed by atoms with van der Waals surface area (Å²) in [4.78, 5) is 11.5. The van der Waals surface area contributed by atoms with E-state index >= 15 is 0 Å². The molecule has 0 aromatic carbocycles. The van der Waals surface area contributed by atoms with Crippen LogP contribution in [0.15, 0.2) is 0 Å². The van der Waals surface area contributed by atoms with E-state index in [4.69, 9.17) is 9.47 Å². The topological polar surface area (TPSA) is 69.7 Å². The first-order valence-electron chi connectivity index (χ1n) is 10.4. The van der Waals surface area contributed by atoms with Gasteiger partial charge in [0.2, 0.25) is 0 Å². The minimum atomic E-state index is -3.09. The Hall–Kier alpha value is -0.620. The highest BCUT2D eigenvalue weighted by Gasteiger charge is 2.53. The molecule has 5 nitrogen and oxygen atoms in total. The van der Waals surface area contributed by atoms with Gasteiger partial charge in [0.25, 0.3) is 0 Å². The fourth-order valence-electron chi connectivity index (χ4n) is 5.23. The Kier molecular flexibility index (Phi) is 7.05. The summed E-state index contributed by atoms with van der Waals surface area (Å²) in [5.74, 6) is 0.826. The molecule has 0 bridgehead atoms. The summed E-state index contributed by atoms with van der Waals surface area (Å²) in [6.07, 6.45) is 6.01. The van der Waals surface area contributed by atoms with Gasteiger partial charge in [0.05, 0.1) is 16.6 Å². The maximum absolute atomic E-state index is 12.2. The molecule has 0 saturated heterocycles. The molecule has 2 aliphatic carbocycles. The third-order valence-corrected chi connectivity index (χ3v) is 9.58. The first kappa shape index (κ1) is 22.7. The number of esters is 1. The molecular formula is C21H38O5S. The van der Waals surface area contributed by atoms with Crippen molar-refractivity contribution >= 4 is 15.8 Å². The zero-order chi connectivity index (χ0) is 20.5. The smallest absolute Gasteiger partial charge is 0.302 e. The number of hydrogen-bond donors (Lipinski definition) is 0. The van der Waals surface area contributed by atoms with Gasteiger partial charge in [0.15, 0.2) is 9.84 Å². The van der Waals surface area contributed by atoms with Gasteiger partial charge in [-0.25, -0.2) is 8.42 Å². The number of rotatable bonds is 7. The van der Waals surface area contributed by atoms with Crippen LogP contribution in [-0.4, -0.2) is 43.7 Å². The molecule has 2 rings (SSSR count). The predicted octanol–water partition coefficient (Wildman–Crippen LogP) is 4.14. The van der Waals surface area contributed by atoms with Crippen molar-refractivity contribution in [3.8, 4) is 0 Å². The molecule has 2 saturated carbocycles. The molecule has 0 aliphatic heterocycles. The summed E-state index contributed by atoms with van der Waals surface area (Å²) >= 11 is 0. The second-order valence-corrected chi connectivity index (χ2v) is 12.6. The molecule has 0 aromatic rings. The summed E-state index contributed by atoms with van der Waals surface area (Å²) in [6, 6.07) is 0. The Morgan fingerprint density at radius 1 is 1.22 bits per heavy atom. The van der Waals surface area contributed by atoms with Crippen molar-refractivity contribution in [3.63, 3.8) is 0 Å². The lowest BCUT2D eigenvalue weighted by Gasteiger charge is -2.45. The Labute approximate surface area is 165 Å². The quantitative estimate of drug-likeness (QED) is 0.473. The number of carbonyl (C=O) groups is 1. The highest BCUT2D eigenvalue weighted by atomic mass is 32.2. The van der Waals surface area contributed by atoms with Gasteiger partial charge in [-0.3, -0.25) is 4.79 Å². The van der Waals surface area contributed by atoms with Crippen LogP contribution in [0.5, 0.6) is 0 Å². The number of fused-ring (bicyclic) bond motifs is 1. The van der Waals surface area contributed by atoms with E-state index in [0.29, 0.717) is 24.9 Å². The summed E-state index contributed by atoms with van der Waals surface area (Å²) in [6.45, 7) is 11.6. The van der Waals surface area contributed by atoms with Crippen molar-refractivity contribution in [3.05, 3.63) is 0 Å². The lowest BCUT2D eigenvalue weighted by atomic mass is 9.63. The van der Waals surface area contributed by atoms with E-state index in [1.807, 2.05) is 0 Å². The van der Waals surface area contributed by atoms with Crippen LogP contribution < -0.4 is 0 Å². The zero-order valence-corrected chi connectivity index (χ0v) is 18.7. The highest BCUT2D eigenvalue weighted by Crippen LogP contribution is 2.57. The first-order valence-corrected chi connectivity index (χ1v) is 12.0. The number of carbonyl (C=O) groups excluding carboxylic acids is 1. The largest absolute Gasteiger partial charge is 0.462 e. The van der Waals surface area contributed by atoms with Crippen molar-refractivity contribution in [2.45, 2.75) is 97.0 Å². The van der Waals surface area contributed by atoms with Crippen LogP contribution in [0.2, 0.25) is 0 Å². The fraction of sp³-hybridized carbons (Fsp3) is 0.952. The van der Waals surface area contributed by atoms with Gasteiger partial charge in [-0.1, -0.05) is 6.92 Å². The normalized spacial score (nSPS) is 32.7. The molecule has 0 aromatic heterocycles. The molecule has 2 aliphatic rings. The van der Waals surface area contributed by atoms with E-state index in [0.717, 1.165) is 32.1 Å². The molecule has 2 fully saturated rings. The Bertz CT molecular complexity index is 621. The van der Waals surface area contributed by atoms with Crippen LogP contribution >= 0.6 is 0 Å². The zero-order valence-electron chi connectivity index (χ0n) is 17.9. The molecule has 158 valence electrons. The average molecular weight is 403 g/mol. The fourth-order valence-corrected chi connectivity index (χ4v) is 6.34. The van der Waals surface area contributed by atoms with Crippen LogP contribution in [0.25, 0.3) is 0 Å². The maximum Gasteiger partial charge on any atom is 0.302 e. The standard InChI is InChI=1S/C21H38O5S/c1-15(25-13-8-14-27(23,24)20(3,4)5)17-10-11-18-19(26-16(2)22)9-7-12-21(17,18)6/h15,17-19H,7-14H2,1-6H3/t15-,17-,18+,19+,21-/m1/s1. The molecule has 0 unspecified atom stereocenters. The predicted molar refractivity (Wildman–Crippen MR) is 107 cm³/mol. The maximum atomic E-state index is 12.2. The van der Waals surface area contributed by atoms with Gasteiger partial charge in [-0.05, 0) is 77.6 Å². The van der Waals surface area contributed by atoms with Gasteiger partial charge in [0.1, 0.15) is 6.10 Å². The molecule has 0 radical (unpaired) electrons. The molecule has 5 atom stereocenters. The lowest BCUT2D eigenvalue weighted by molar-refractivity contribution is -0.156. The molecule has 0 heterocycles. The molecule has 27 heavy (non-hydrogen) atoms. The first-order chi connectivity index (χ1) is 12.4. The number of hydrogen-bond acceptors (Lipinski definition) is 5. The minimum Gasteiger partial charge on any atom is -0.462 e. The van der Waals surface area contributed by atoms with Gasteiger partial charge < -0.3 is 9.47 Å². The van der Waals surface area contributed by atoms with E-state index in [1.165, 1.54) is 6.92 Å². The van der Waals surface area contributed by atoms with Crippen molar-refractivity contribution < 1.29 is 22.7 Å². The van der Waals surface area contributed by atoms with Crippen LogP contribution in [0.1, 0.15) is 80.1 Å². The van der Waals surface area contributed by atoms with E-state index in [-0.39, 0.29) is 29.3 Å². The summed E-state index contributed by atoms with van der Waals surface area (Å²) in [7, 11) is -3.09. The van der Waals surface area contributed by atoms with Crippen molar-refractivity contribution in [1.29, 1.82) is 0 Å². The minimum absolute atomic E-state index is 0.0374. The summed E-state index contributed by atoms with van der Waals surface area (Å²) < 4.78 is 35.4. The van der Waals surface area contributed by atoms with Crippen LogP contribution in [0.4, 0.5) is 0 Å². The van der Waals surface area contributed by atoms with Crippen LogP contribution in [0.3, 0.4) is 0 Å². The third kappa shape index (κ3) is 5.06. The molecule has 0 N–H and O–H groups in total. The van der Waals surface area contributed by atoms with E-state index < -0.39 is 14.6 Å². The molecular weight excluding hydrogens is 364 g/mol. The van der Waals surface area contributed by atoms with Gasteiger partial charge >= 0.3 is 5.97 Å². The van der Waals surface area contributed by atoms with Crippen LogP contribution in [-0.2, 0) is 24.1 Å². The van der Waals surface area contributed by atoms with Gasteiger partial charge in [0, 0.05) is 19.4 Å². The van der Waals surface area contributed by atoms with E-state index in [2.05, 4.69) is 13.8 Å². The second-order valence-electron chi connectivity index (χ2n) is 9.70. The van der Waals surface area contributed by atoms with Crippen molar-refractivity contribution in [2.75, 3.05) is 12.4 Å².